The van der Waals surface area contributed by atoms with Crippen molar-refractivity contribution in [3.63, 3.8) is 0 Å². The number of imidazole rings is 1. The van der Waals surface area contributed by atoms with Crippen LogP contribution in [0.5, 0.6) is 0 Å². The SMILES string of the molecule is Cl.Cl.O=C(CC1CC2CCC(C1)N2)NCCCn1ccnc1. The Bertz CT molecular complexity index is 429. The molecule has 1 amide bonds. The van der Waals surface area contributed by atoms with Crippen molar-refractivity contribution in [2.45, 2.75) is 57.2 Å². The Labute approximate surface area is 144 Å². The number of nitrogens with one attached hydrogen (secondary N) is 2. The molecule has 0 spiro atoms. The summed E-state index contributed by atoms with van der Waals surface area (Å²) in [7, 11) is 0. The molecule has 126 valence electrons. The predicted octanol–water partition coefficient (Wildman–Crippen LogP) is 2.15. The average Bonchev–Trinajstić information content (AvgIpc) is 3.05. The van der Waals surface area contributed by atoms with Crippen LogP contribution in [0.1, 0.15) is 38.5 Å². The molecule has 0 saturated carbocycles. The lowest BCUT2D eigenvalue weighted by molar-refractivity contribution is -0.122. The van der Waals surface area contributed by atoms with E-state index in [1.807, 2.05) is 17.1 Å². The van der Waals surface area contributed by atoms with E-state index in [9.17, 15) is 4.79 Å². The Morgan fingerprint density at radius 3 is 2.64 bits per heavy atom. The number of aryl methyl sites for hydroxylation is 1. The minimum absolute atomic E-state index is 0. The number of amides is 1. The van der Waals surface area contributed by atoms with Crippen molar-refractivity contribution < 1.29 is 4.79 Å². The summed E-state index contributed by atoms with van der Waals surface area (Å²) in [5, 5.41) is 6.67. The second-order valence-corrected chi connectivity index (χ2v) is 6.18. The average molecular weight is 349 g/mol. The maximum Gasteiger partial charge on any atom is 0.220 e. The number of rotatable bonds is 6. The highest BCUT2D eigenvalue weighted by atomic mass is 35.5. The van der Waals surface area contributed by atoms with Gasteiger partial charge in [-0.05, 0) is 38.0 Å². The molecule has 2 aliphatic rings. The number of hydrogen-bond acceptors (Lipinski definition) is 3. The zero-order chi connectivity index (χ0) is 13.8. The van der Waals surface area contributed by atoms with E-state index in [4.69, 9.17) is 0 Å². The van der Waals surface area contributed by atoms with Gasteiger partial charge in [-0.2, -0.15) is 0 Å². The van der Waals surface area contributed by atoms with Gasteiger partial charge in [-0.25, -0.2) is 4.98 Å². The fourth-order valence-electron chi connectivity index (χ4n) is 3.58. The molecule has 22 heavy (non-hydrogen) atoms. The molecule has 7 heteroatoms. The van der Waals surface area contributed by atoms with Crippen LogP contribution in [0.15, 0.2) is 18.7 Å². The van der Waals surface area contributed by atoms with Crippen LogP contribution in [0, 0.1) is 5.92 Å². The Morgan fingerprint density at radius 1 is 1.27 bits per heavy atom. The third kappa shape index (κ3) is 5.45. The molecule has 1 aromatic rings. The number of nitrogens with zero attached hydrogens (tertiary/aromatic N) is 2. The maximum atomic E-state index is 12.0. The zero-order valence-electron chi connectivity index (χ0n) is 12.7. The molecule has 2 atom stereocenters. The molecule has 2 unspecified atom stereocenters. The van der Waals surface area contributed by atoms with E-state index in [1.54, 1.807) is 6.20 Å². The van der Waals surface area contributed by atoms with Crippen LogP contribution in [-0.4, -0.2) is 34.1 Å². The Balaban J connectivity index is 0.00000121. The van der Waals surface area contributed by atoms with Crippen molar-refractivity contribution in [2.24, 2.45) is 5.92 Å². The number of halogens is 2. The zero-order valence-corrected chi connectivity index (χ0v) is 14.4. The van der Waals surface area contributed by atoms with E-state index < -0.39 is 0 Å². The molecule has 2 fully saturated rings. The lowest BCUT2D eigenvalue weighted by atomic mass is 9.89. The van der Waals surface area contributed by atoms with Crippen LogP contribution in [-0.2, 0) is 11.3 Å². The molecular formula is C15H26Cl2N4O. The third-order valence-corrected chi connectivity index (χ3v) is 4.52. The largest absolute Gasteiger partial charge is 0.356 e. The molecule has 0 aliphatic carbocycles. The Kier molecular flexibility index (Phi) is 8.21. The summed E-state index contributed by atoms with van der Waals surface area (Å²) in [6, 6.07) is 1.35. The van der Waals surface area contributed by atoms with Gasteiger partial charge in [0.1, 0.15) is 0 Å². The van der Waals surface area contributed by atoms with Gasteiger partial charge in [-0.1, -0.05) is 0 Å². The van der Waals surface area contributed by atoms with Gasteiger partial charge in [0.2, 0.25) is 5.91 Å². The normalized spacial score (nSPS) is 25.9. The van der Waals surface area contributed by atoms with Gasteiger partial charge >= 0.3 is 0 Å². The highest BCUT2D eigenvalue weighted by Crippen LogP contribution is 2.32. The first kappa shape index (κ1) is 19.3. The third-order valence-electron chi connectivity index (χ3n) is 4.52. The topological polar surface area (TPSA) is 59.0 Å². The van der Waals surface area contributed by atoms with Crippen molar-refractivity contribution in [3.05, 3.63) is 18.7 Å². The molecular weight excluding hydrogens is 323 g/mol. The molecule has 2 N–H and O–H groups in total. The van der Waals surface area contributed by atoms with E-state index in [2.05, 4.69) is 15.6 Å². The highest BCUT2D eigenvalue weighted by Gasteiger charge is 2.33. The lowest BCUT2D eigenvalue weighted by Gasteiger charge is -2.28. The molecule has 2 saturated heterocycles. The molecule has 1 aromatic heterocycles. The quantitative estimate of drug-likeness (QED) is 0.774. The first-order chi connectivity index (χ1) is 9.79. The van der Waals surface area contributed by atoms with Crippen LogP contribution in [0.25, 0.3) is 0 Å². The molecule has 3 rings (SSSR count). The number of carbonyl (C=O) groups is 1. The number of carbonyl (C=O) groups excluding carboxylic acids is 1. The minimum atomic E-state index is 0. The second kappa shape index (κ2) is 9.38. The summed E-state index contributed by atoms with van der Waals surface area (Å²) in [5.74, 6) is 0.810. The molecule has 2 aliphatic heterocycles. The fourth-order valence-corrected chi connectivity index (χ4v) is 3.58. The van der Waals surface area contributed by atoms with Gasteiger partial charge in [0, 0.05) is 44.0 Å². The first-order valence-corrected chi connectivity index (χ1v) is 7.78. The first-order valence-electron chi connectivity index (χ1n) is 7.78. The van der Waals surface area contributed by atoms with Gasteiger partial charge in [0.05, 0.1) is 6.33 Å². The van der Waals surface area contributed by atoms with Crippen molar-refractivity contribution in [3.8, 4) is 0 Å². The van der Waals surface area contributed by atoms with E-state index in [1.165, 1.54) is 25.7 Å². The summed E-state index contributed by atoms with van der Waals surface area (Å²) >= 11 is 0. The molecule has 2 bridgehead atoms. The van der Waals surface area contributed by atoms with Crippen molar-refractivity contribution in [1.82, 2.24) is 20.2 Å². The van der Waals surface area contributed by atoms with E-state index >= 15 is 0 Å². The van der Waals surface area contributed by atoms with E-state index in [0.717, 1.165) is 19.5 Å². The summed E-state index contributed by atoms with van der Waals surface area (Å²) in [6.07, 6.45) is 12.2. The Morgan fingerprint density at radius 2 is 2.00 bits per heavy atom. The monoisotopic (exact) mass is 348 g/mol. The van der Waals surface area contributed by atoms with Gasteiger partial charge in [-0.15, -0.1) is 24.8 Å². The summed E-state index contributed by atoms with van der Waals surface area (Å²) < 4.78 is 2.04. The van der Waals surface area contributed by atoms with Crippen molar-refractivity contribution >= 4 is 30.7 Å². The Hall–Kier alpha value is -0.780. The van der Waals surface area contributed by atoms with Crippen LogP contribution in [0.4, 0.5) is 0 Å². The van der Waals surface area contributed by atoms with Crippen LogP contribution >= 0.6 is 24.8 Å². The molecule has 3 heterocycles. The van der Waals surface area contributed by atoms with Gasteiger partial charge in [-0.3, -0.25) is 4.79 Å². The number of fused-ring (bicyclic) bond motifs is 2. The number of hydrogen-bond donors (Lipinski definition) is 2. The van der Waals surface area contributed by atoms with Crippen LogP contribution < -0.4 is 10.6 Å². The number of piperidine rings is 1. The standard InChI is InChI=1S/C15H24N4O.2ClH/c20-15(17-4-1-6-19-7-5-16-11-19)10-12-8-13-2-3-14(9-12)18-13;;/h5,7,11-14,18H,1-4,6,8-10H2,(H,17,20);2*1H. The summed E-state index contributed by atoms with van der Waals surface area (Å²) in [6.45, 7) is 1.67. The van der Waals surface area contributed by atoms with Gasteiger partial charge < -0.3 is 15.2 Å². The highest BCUT2D eigenvalue weighted by molar-refractivity contribution is 5.85. The maximum absolute atomic E-state index is 12.0. The second-order valence-electron chi connectivity index (χ2n) is 6.18. The molecule has 0 aromatic carbocycles. The van der Waals surface area contributed by atoms with Gasteiger partial charge in [0.15, 0.2) is 0 Å². The van der Waals surface area contributed by atoms with Crippen molar-refractivity contribution in [2.75, 3.05) is 6.54 Å². The fraction of sp³-hybridized carbons (Fsp3) is 0.733. The smallest absolute Gasteiger partial charge is 0.220 e. The summed E-state index contributed by atoms with van der Waals surface area (Å²) in [5.41, 5.74) is 0. The molecule has 0 radical (unpaired) electrons. The minimum Gasteiger partial charge on any atom is -0.356 e. The van der Waals surface area contributed by atoms with E-state index in [0.29, 0.717) is 24.4 Å². The van der Waals surface area contributed by atoms with Crippen molar-refractivity contribution in [1.29, 1.82) is 0 Å². The lowest BCUT2D eigenvalue weighted by Crippen LogP contribution is -2.39. The predicted molar refractivity (Wildman–Crippen MR) is 91.6 cm³/mol. The van der Waals surface area contributed by atoms with E-state index in [-0.39, 0.29) is 30.7 Å². The number of aromatic nitrogens is 2. The van der Waals surface area contributed by atoms with Crippen LogP contribution in [0.2, 0.25) is 0 Å². The van der Waals surface area contributed by atoms with Gasteiger partial charge in [0.25, 0.3) is 0 Å². The summed E-state index contributed by atoms with van der Waals surface area (Å²) in [4.78, 5) is 16.0. The molecule has 5 nitrogen and oxygen atoms in total. The van der Waals surface area contributed by atoms with Crippen LogP contribution in [0.3, 0.4) is 0 Å².